The van der Waals surface area contributed by atoms with Crippen LogP contribution in [0.1, 0.15) is 19.1 Å². The Bertz CT molecular complexity index is 390. The molecule has 0 amide bonds. The number of likely N-dealkylation sites (N-methyl/N-ethyl adjacent to an activating group) is 1. The zero-order chi connectivity index (χ0) is 11.7. The molecule has 5 heteroatoms. The molecule has 0 radical (unpaired) electrons. The molecule has 1 fully saturated rings. The highest BCUT2D eigenvalue weighted by molar-refractivity contribution is 9.10. The topological polar surface area (TPSA) is 42.7 Å². The van der Waals surface area contributed by atoms with E-state index in [-0.39, 0.29) is 18.1 Å². The molecule has 4 nitrogen and oxygen atoms in total. The van der Waals surface area contributed by atoms with Gasteiger partial charge in [0.2, 0.25) is 0 Å². The van der Waals surface area contributed by atoms with Gasteiger partial charge in [0.25, 0.3) is 0 Å². The predicted molar refractivity (Wildman–Crippen MR) is 61.8 cm³/mol. The third-order valence-corrected chi connectivity index (χ3v) is 3.14. The molecule has 2 heterocycles. The molecular formula is C11H14BrNO3. The number of hydrogen-bond acceptors (Lipinski definition) is 4. The molecule has 0 N–H and O–H groups in total. The van der Waals surface area contributed by atoms with Gasteiger partial charge in [-0.05, 0) is 42.0 Å². The van der Waals surface area contributed by atoms with E-state index in [0.29, 0.717) is 11.2 Å². The third kappa shape index (κ3) is 2.47. The van der Waals surface area contributed by atoms with Gasteiger partial charge in [0.15, 0.2) is 4.67 Å². The number of carbonyl (C=O) groups excluding carboxylic acids is 1. The number of nitrogens with zero attached hydrogens (tertiary/aromatic N) is 1. The molecule has 88 valence electrons. The van der Waals surface area contributed by atoms with Crippen molar-refractivity contribution in [2.75, 3.05) is 7.05 Å². The first-order valence-corrected chi connectivity index (χ1v) is 6.00. The molecular weight excluding hydrogens is 274 g/mol. The van der Waals surface area contributed by atoms with Gasteiger partial charge in [-0.15, -0.1) is 0 Å². The van der Waals surface area contributed by atoms with Crippen LogP contribution in [-0.2, 0) is 16.1 Å². The molecule has 1 aliphatic rings. The number of cyclic esters (lactones) is 1. The number of rotatable bonds is 3. The standard InChI is InChI=1S/C11H14BrNO3/c1-7-5-9(11(14)15-7)13(2)6-8-3-4-10(12)16-8/h3-4,7,9H,5-6H2,1-2H3/t7-,9-/m1/s1. The quantitative estimate of drug-likeness (QED) is 0.800. The van der Waals surface area contributed by atoms with E-state index in [2.05, 4.69) is 15.9 Å². The summed E-state index contributed by atoms with van der Waals surface area (Å²) in [5.41, 5.74) is 0. The summed E-state index contributed by atoms with van der Waals surface area (Å²) in [7, 11) is 1.90. The summed E-state index contributed by atoms with van der Waals surface area (Å²) in [6, 6.07) is 3.59. The van der Waals surface area contributed by atoms with Gasteiger partial charge in [-0.3, -0.25) is 9.69 Å². The van der Waals surface area contributed by atoms with Crippen molar-refractivity contribution in [1.29, 1.82) is 0 Å². The molecule has 0 unspecified atom stereocenters. The largest absolute Gasteiger partial charge is 0.461 e. The minimum atomic E-state index is -0.154. The molecule has 1 saturated heterocycles. The van der Waals surface area contributed by atoms with Crippen LogP contribution >= 0.6 is 15.9 Å². The molecule has 16 heavy (non-hydrogen) atoms. The second-order valence-corrected chi connectivity index (χ2v) is 4.90. The zero-order valence-electron chi connectivity index (χ0n) is 9.27. The Balaban J connectivity index is 1.98. The van der Waals surface area contributed by atoms with Crippen LogP contribution in [0.4, 0.5) is 0 Å². The molecule has 0 aliphatic carbocycles. The van der Waals surface area contributed by atoms with Gasteiger partial charge in [-0.2, -0.15) is 0 Å². The minimum Gasteiger partial charge on any atom is -0.461 e. The van der Waals surface area contributed by atoms with Crippen LogP contribution in [0.5, 0.6) is 0 Å². The van der Waals surface area contributed by atoms with Gasteiger partial charge in [0.1, 0.15) is 17.9 Å². The molecule has 0 saturated carbocycles. The second kappa shape index (κ2) is 4.59. The highest BCUT2D eigenvalue weighted by atomic mass is 79.9. The first-order valence-electron chi connectivity index (χ1n) is 5.21. The summed E-state index contributed by atoms with van der Waals surface area (Å²) >= 11 is 3.25. The normalized spacial score (nSPS) is 25.1. The Morgan fingerprint density at radius 1 is 1.56 bits per heavy atom. The van der Waals surface area contributed by atoms with Gasteiger partial charge in [-0.25, -0.2) is 0 Å². The van der Waals surface area contributed by atoms with Gasteiger partial charge in [-0.1, -0.05) is 0 Å². The Morgan fingerprint density at radius 3 is 2.81 bits per heavy atom. The summed E-state index contributed by atoms with van der Waals surface area (Å²) in [4.78, 5) is 13.5. The summed E-state index contributed by atoms with van der Waals surface area (Å²) in [5, 5.41) is 0. The van der Waals surface area contributed by atoms with E-state index in [1.807, 2.05) is 31.0 Å². The van der Waals surface area contributed by atoms with Crippen molar-refractivity contribution in [1.82, 2.24) is 4.90 Å². The van der Waals surface area contributed by atoms with Crippen LogP contribution in [0, 0.1) is 0 Å². The number of ether oxygens (including phenoxy) is 1. The molecule has 0 aromatic carbocycles. The van der Waals surface area contributed by atoms with Crippen molar-refractivity contribution in [3.63, 3.8) is 0 Å². The molecule has 1 aromatic rings. The number of esters is 1. The van der Waals surface area contributed by atoms with E-state index in [0.717, 1.165) is 12.2 Å². The van der Waals surface area contributed by atoms with Gasteiger partial charge in [0, 0.05) is 6.42 Å². The predicted octanol–water partition coefficient (Wildman–Crippen LogP) is 2.18. The van der Waals surface area contributed by atoms with Crippen LogP contribution in [0.15, 0.2) is 21.2 Å². The van der Waals surface area contributed by atoms with E-state index in [1.54, 1.807) is 0 Å². The monoisotopic (exact) mass is 287 g/mol. The molecule has 1 aliphatic heterocycles. The fourth-order valence-corrected chi connectivity index (χ4v) is 2.23. The fraction of sp³-hybridized carbons (Fsp3) is 0.545. The highest BCUT2D eigenvalue weighted by Gasteiger charge is 2.34. The van der Waals surface area contributed by atoms with Gasteiger partial charge < -0.3 is 9.15 Å². The summed E-state index contributed by atoms with van der Waals surface area (Å²) in [6.45, 7) is 2.52. The average molecular weight is 288 g/mol. The van der Waals surface area contributed by atoms with Crippen LogP contribution in [0.2, 0.25) is 0 Å². The number of hydrogen-bond donors (Lipinski definition) is 0. The van der Waals surface area contributed by atoms with E-state index >= 15 is 0 Å². The lowest BCUT2D eigenvalue weighted by molar-refractivity contribution is -0.144. The van der Waals surface area contributed by atoms with E-state index in [4.69, 9.17) is 9.15 Å². The maximum atomic E-state index is 11.5. The van der Waals surface area contributed by atoms with Crippen LogP contribution in [0.25, 0.3) is 0 Å². The third-order valence-electron chi connectivity index (χ3n) is 2.71. The fourth-order valence-electron chi connectivity index (χ4n) is 1.89. The molecule has 1 aromatic heterocycles. The van der Waals surface area contributed by atoms with Gasteiger partial charge >= 0.3 is 5.97 Å². The maximum Gasteiger partial charge on any atom is 0.323 e. The Labute approximate surface area is 103 Å². The molecule has 0 bridgehead atoms. The number of furan rings is 1. The first-order chi connectivity index (χ1) is 7.56. The zero-order valence-corrected chi connectivity index (χ0v) is 10.9. The number of carbonyl (C=O) groups is 1. The average Bonchev–Trinajstić information content (AvgIpc) is 2.73. The van der Waals surface area contributed by atoms with Crippen molar-refractivity contribution in [3.8, 4) is 0 Å². The SMILES string of the molecule is C[C@@H]1C[C@@H](N(C)Cc2ccc(Br)o2)C(=O)O1. The Morgan fingerprint density at radius 2 is 2.31 bits per heavy atom. The van der Waals surface area contributed by atoms with E-state index < -0.39 is 0 Å². The maximum absolute atomic E-state index is 11.5. The summed E-state index contributed by atoms with van der Waals surface area (Å²) in [5.74, 6) is 0.697. The molecule has 2 atom stereocenters. The smallest absolute Gasteiger partial charge is 0.323 e. The first kappa shape index (κ1) is 11.7. The van der Waals surface area contributed by atoms with Crippen molar-refractivity contribution in [2.24, 2.45) is 0 Å². The Kier molecular flexibility index (Phi) is 3.35. The second-order valence-electron chi connectivity index (χ2n) is 4.12. The van der Waals surface area contributed by atoms with Crippen molar-refractivity contribution < 1.29 is 13.9 Å². The summed E-state index contributed by atoms with van der Waals surface area (Å²) in [6.07, 6.45) is 0.764. The molecule has 0 spiro atoms. The van der Waals surface area contributed by atoms with Crippen molar-refractivity contribution in [3.05, 3.63) is 22.6 Å². The van der Waals surface area contributed by atoms with Crippen LogP contribution in [-0.4, -0.2) is 30.1 Å². The lowest BCUT2D eigenvalue weighted by atomic mass is 10.1. The highest BCUT2D eigenvalue weighted by Crippen LogP contribution is 2.22. The van der Waals surface area contributed by atoms with Crippen molar-refractivity contribution in [2.45, 2.75) is 32.0 Å². The Hall–Kier alpha value is -0.810. The van der Waals surface area contributed by atoms with E-state index in [1.165, 1.54) is 0 Å². The summed E-state index contributed by atoms with van der Waals surface area (Å²) < 4.78 is 11.2. The van der Waals surface area contributed by atoms with E-state index in [9.17, 15) is 4.79 Å². The number of halogens is 1. The van der Waals surface area contributed by atoms with Crippen LogP contribution < -0.4 is 0 Å². The lowest BCUT2D eigenvalue weighted by Gasteiger charge is -2.19. The van der Waals surface area contributed by atoms with Gasteiger partial charge in [0.05, 0.1) is 6.54 Å². The minimum absolute atomic E-state index is 0.0169. The molecule has 2 rings (SSSR count). The van der Waals surface area contributed by atoms with Crippen molar-refractivity contribution >= 4 is 21.9 Å². The lowest BCUT2D eigenvalue weighted by Crippen LogP contribution is -2.34. The van der Waals surface area contributed by atoms with Crippen LogP contribution in [0.3, 0.4) is 0 Å².